The van der Waals surface area contributed by atoms with Crippen molar-refractivity contribution in [1.82, 2.24) is 0 Å². The Labute approximate surface area is 132 Å². The third-order valence-corrected chi connectivity index (χ3v) is 2.56. The van der Waals surface area contributed by atoms with E-state index in [-0.39, 0.29) is 22.4 Å². The molecule has 1 aromatic carbocycles. The molecule has 116 valence electrons. The van der Waals surface area contributed by atoms with E-state index in [4.69, 9.17) is 38.4 Å². The number of benzene rings is 1. The number of anilines is 1. The van der Waals surface area contributed by atoms with Crippen LogP contribution < -0.4 is 15.8 Å². The van der Waals surface area contributed by atoms with Crippen molar-refractivity contribution in [2.45, 2.75) is 26.4 Å². The molecule has 1 aromatic rings. The van der Waals surface area contributed by atoms with Crippen LogP contribution in [0.15, 0.2) is 12.1 Å². The number of hydrogen-bond acceptors (Lipinski definition) is 4. The van der Waals surface area contributed by atoms with E-state index in [9.17, 15) is 9.59 Å². The maximum atomic E-state index is 11.6. The zero-order valence-corrected chi connectivity index (χ0v) is 13.3. The van der Waals surface area contributed by atoms with Crippen molar-refractivity contribution in [2.75, 3.05) is 11.9 Å². The SMILES string of the molecule is CC(C)(C)OC(=O)Nc1cc(Cl)c(OCC(N)=O)c(Cl)c1. The molecule has 6 nitrogen and oxygen atoms in total. The van der Waals surface area contributed by atoms with Crippen LogP contribution in [0.25, 0.3) is 0 Å². The normalized spacial score (nSPS) is 10.9. The van der Waals surface area contributed by atoms with Crippen LogP contribution in [-0.4, -0.2) is 24.2 Å². The second-order valence-corrected chi connectivity index (χ2v) is 5.97. The number of ether oxygens (including phenoxy) is 2. The van der Waals surface area contributed by atoms with Gasteiger partial charge in [0.05, 0.1) is 10.0 Å². The predicted molar refractivity (Wildman–Crippen MR) is 81.0 cm³/mol. The van der Waals surface area contributed by atoms with Gasteiger partial charge in [-0.3, -0.25) is 10.1 Å². The summed E-state index contributed by atoms with van der Waals surface area (Å²) in [6.07, 6.45) is -0.638. The first-order chi connectivity index (χ1) is 9.58. The Bertz CT molecular complexity index is 533. The maximum absolute atomic E-state index is 11.6. The fourth-order valence-electron chi connectivity index (χ4n) is 1.33. The molecule has 0 fully saturated rings. The Hall–Kier alpha value is -1.66. The standard InChI is InChI=1S/C13H16Cl2N2O4/c1-13(2,3)21-12(19)17-7-4-8(14)11(9(15)5-7)20-6-10(16)18/h4-5H,6H2,1-3H3,(H2,16,18)(H,17,19). The molecule has 2 amide bonds. The number of nitrogens with one attached hydrogen (secondary N) is 1. The van der Waals surface area contributed by atoms with Crippen LogP contribution in [0.4, 0.5) is 10.5 Å². The number of amides is 2. The molecule has 0 aliphatic heterocycles. The lowest BCUT2D eigenvalue weighted by atomic mass is 10.2. The van der Waals surface area contributed by atoms with Gasteiger partial charge in [-0.15, -0.1) is 0 Å². The molecular weight excluding hydrogens is 319 g/mol. The molecule has 0 heterocycles. The number of primary amides is 1. The fraction of sp³-hybridized carbons (Fsp3) is 0.385. The first kappa shape index (κ1) is 17.4. The summed E-state index contributed by atoms with van der Waals surface area (Å²) < 4.78 is 10.2. The molecule has 0 bridgehead atoms. The van der Waals surface area contributed by atoms with Gasteiger partial charge in [-0.25, -0.2) is 4.79 Å². The maximum Gasteiger partial charge on any atom is 0.412 e. The molecule has 0 spiro atoms. The van der Waals surface area contributed by atoms with Crippen molar-refractivity contribution in [2.24, 2.45) is 5.73 Å². The lowest BCUT2D eigenvalue weighted by molar-refractivity contribution is -0.119. The lowest BCUT2D eigenvalue weighted by Crippen LogP contribution is -2.27. The highest BCUT2D eigenvalue weighted by atomic mass is 35.5. The minimum absolute atomic E-state index is 0.117. The van der Waals surface area contributed by atoms with E-state index in [2.05, 4.69) is 5.32 Å². The van der Waals surface area contributed by atoms with Crippen LogP contribution in [0.2, 0.25) is 10.0 Å². The average molecular weight is 335 g/mol. The Morgan fingerprint density at radius 2 is 1.76 bits per heavy atom. The summed E-state index contributed by atoms with van der Waals surface area (Å²) in [5.41, 5.74) is 4.69. The number of rotatable bonds is 4. The Balaban J connectivity index is 2.83. The van der Waals surface area contributed by atoms with E-state index >= 15 is 0 Å². The van der Waals surface area contributed by atoms with Crippen LogP contribution in [-0.2, 0) is 9.53 Å². The van der Waals surface area contributed by atoms with Crippen LogP contribution >= 0.6 is 23.2 Å². The van der Waals surface area contributed by atoms with Crippen LogP contribution in [0.5, 0.6) is 5.75 Å². The highest BCUT2D eigenvalue weighted by Crippen LogP contribution is 2.36. The van der Waals surface area contributed by atoms with Crippen molar-refractivity contribution >= 4 is 40.9 Å². The summed E-state index contributed by atoms with van der Waals surface area (Å²) in [5.74, 6) is -0.537. The third kappa shape index (κ3) is 6.10. The number of halogens is 2. The molecule has 0 unspecified atom stereocenters. The highest BCUT2D eigenvalue weighted by Gasteiger charge is 2.17. The summed E-state index contributed by atoms with van der Waals surface area (Å²) in [7, 11) is 0. The summed E-state index contributed by atoms with van der Waals surface area (Å²) in [6, 6.07) is 2.85. The van der Waals surface area contributed by atoms with Gasteiger partial charge in [0.25, 0.3) is 5.91 Å². The molecule has 8 heteroatoms. The van der Waals surface area contributed by atoms with Gasteiger partial charge in [-0.05, 0) is 32.9 Å². The predicted octanol–water partition coefficient (Wildman–Crippen LogP) is 3.20. The smallest absolute Gasteiger partial charge is 0.412 e. The Morgan fingerprint density at radius 1 is 1.24 bits per heavy atom. The van der Waals surface area contributed by atoms with E-state index in [0.29, 0.717) is 5.69 Å². The Morgan fingerprint density at radius 3 is 2.19 bits per heavy atom. The van der Waals surface area contributed by atoms with E-state index in [1.807, 2.05) is 0 Å². The fourth-order valence-corrected chi connectivity index (χ4v) is 1.93. The van der Waals surface area contributed by atoms with E-state index < -0.39 is 17.6 Å². The topological polar surface area (TPSA) is 90.7 Å². The molecular formula is C13H16Cl2N2O4. The number of carbonyl (C=O) groups is 2. The molecule has 1 rings (SSSR count). The number of carbonyl (C=O) groups excluding carboxylic acids is 2. The lowest BCUT2D eigenvalue weighted by Gasteiger charge is -2.20. The molecule has 0 aliphatic carbocycles. The average Bonchev–Trinajstić information content (AvgIpc) is 2.24. The quantitative estimate of drug-likeness (QED) is 0.884. The summed E-state index contributed by atoms with van der Waals surface area (Å²) in [6.45, 7) is 4.88. The molecule has 0 aliphatic rings. The summed E-state index contributed by atoms with van der Waals surface area (Å²) in [5, 5.41) is 2.76. The van der Waals surface area contributed by atoms with Crippen molar-refractivity contribution in [3.63, 3.8) is 0 Å². The van der Waals surface area contributed by atoms with Crippen LogP contribution in [0, 0.1) is 0 Å². The minimum Gasteiger partial charge on any atom is -0.481 e. The third-order valence-electron chi connectivity index (χ3n) is 2.00. The zero-order valence-electron chi connectivity index (χ0n) is 11.8. The van der Waals surface area contributed by atoms with E-state index in [1.54, 1.807) is 20.8 Å². The van der Waals surface area contributed by atoms with Crippen molar-refractivity contribution < 1.29 is 19.1 Å². The first-order valence-electron chi connectivity index (χ1n) is 5.98. The first-order valence-corrected chi connectivity index (χ1v) is 6.74. The highest BCUT2D eigenvalue weighted by molar-refractivity contribution is 6.37. The van der Waals surface area contributed by atoms with Gasteiger partial charge in [-0.1, -0.05) is 23.2 Å². The number of hydrogen-bond donors (Lipinski definition) is 2. The monoisotopic (exact) mass is 334 g/mol. The van der Waals surface area contributed by atoms with Crippen molar-refractivity contribution in [3.8, 4) is 5.75 Å². The molecule has 0 aromatic heterocycles. The molecule has 0 radical (unpaired) electrons. The molecule has 21 heavy (non-hydrogen) atoms. The van der Waals surface area contributed by atoms with E-state index in [0.717, 1.165) is 0 Å². The van der Waals surface area contributed by atoms with Gasteiger partial charge in [0.1, 0.15) is 5.60 Å². The molecule has 0 atom stereocenters. The van der Waals surface area contributed by atoms with E-state index in [1.165, 1.54) is 12.1 Å². The van der Waals surface area contributed by atoms with Gasteiger partial charge in [-0.2, -0.15) is 0 Å². The second kappa shape index (κ2) is 6.87. The van der Waals surface area contributed by atoms with Gasteiger partial charge >= 0.3 is 6.09 Å². The van der Waals surface area contributed by atoms with Crippen molar-refractivity contribution in [1.29, 1.82) is 0 Å². The van der Waals surface area contributed by atoms with Gasteiger partial charge < -0.3 is 15.2 Å². The van der Waals surface area contributed by atoms with Gasteiger partial charge in [0.15, 0.2) is 12.4 Å². The van der Waals surface area contributed by atoms with Gasteiger partial charge in [0, 0.05) is 5.69 Å². The largest absolute Gasteiger partial charge is 0.481 e. The van der Waals surface area contributed by atoms with Gasteiger partial charge in [0.2, 0.25) is 0 Å². The van der Waals surface area contributed by atoms with Crippen LogP contribution in [0.1, 0.15) is 20.8 Å². The second-order valence-electron chi connectivity index (χ2n) is 5.15. The molecule has 3 N–H and O–H groups in total. The minimum atomic E-state index is -0.655. The Kier molecular flexibility index (Phi) is 5.69. The summed E-state index contributed by atoms with van der Waals surface area (Å²) >= 11 is 12.0. The van der Waals surface area contributed by atoms with Crippen LogP contribution in [0.3, 0.4) is 0 Å². The zero-order chi connectivity index (χ0) is 16.2. The van der Waals surface area contributed by atoms with Crippen molar-refractivity contribution in [3.05, 3.63) is 22.2 Å². The number of nitrogens with two attached hydrogens (primary N) is 1. The molecule has 0 saturated heterocycles. The summed E-state index contributed by atoms with van der Waals surface area (Å²) in [4.78, 5) is 22.3. The molecule has 0 saturated carbocycles.